The summed E-state index contributed by atoms with van der Waals surface area (Å²) in [6, 6.07) is 28.3. The van der Waals surface area contributed by atoms with Gasteiger partial charge in [-0.1, -0.05) is 121 Å². The van der Waals surface area contributed by atoms with Crippen LogP contribution in [-0.4, -0.2) is 18.7 Å². The third-order valence-electron chi connectivity index (χ3n) is 9.66. The lowest BCUT2D eigenvalue weighted by Crippen LogP contribution is -2.00. The summed E-state index contributed by atoms with van der Waals surface area (Å²) in [6.45, 7) is 0. The molecule has 51 heavy (non-hydrogen) atoms. The fraction of sp³-hybridized carbons (Fsp3) is 0. The second kappa shape index (κ2) is 10.8. The standard InChI is InChI=1S/C47H30N4/c1-7-22-41(34(16-1)31-14-13-15-32(28-31)49-42-23-8-2-17-35(42)36-18-3-9-24-43(36)49)51-46-27-12-6-21-39(46)40-29-33(30-48-47(40)51)50-44-25-10-4-19-37(44)38-20-5-11-26-45(38)50/h1-30H/i2D,4D,5D,8D,10D,11D,17D,19D,20D,23D,25D,26D. The summed E-state index contributed by atoms with van der Waals surface area (Å²) >= 11 is 0. The molecule has 0 aliphatic heterocycles. The van der Waals surface area contributed by atoms with E-state index < -0.39 is 36.3 Å². The van der Waals surface area contributed by atoms with Crippen LogP contribution in [-0.2, 0) is 0 Å². The topological polar surface area (TPSA) is 27.7 Å². The van der Waals surface area contributed by atoms with E-state index in [1.807, 2.05) is 112 Å². The van der Waals surface area contributed by atoms with E-state index in [4.69, 9.17) is 21.4 Å². The number of rotatable bonds is 4. The second-order valence-electron chi connectivity index (χ2n) is 12.3. The predicted molar refractivity (Wildman–Crippen MR) is 213 cm³/mol. The van der Waals surface area contributed by atoms with Crippen molar-refractivity contribution in [2.24, 2.45) is 0 Å². The third-order valence-corrected chi connectivity index (χ3v) is 9.66. The van der Waals surface area contributed by atoms with E-state index in [-0.39, 0.29) is 58.1 Å². The van der Waals surface area contributed by atoms with Crippen LogP contribution in [0.5, 0.6) is 0 Å². The van der Waals surface area contributed by atoms with E-state index in [2.05, 4.69) is 0 Å². The van der Waals surface area contributed by atoms with Crippen molar-refractivity contribution in [3.05, 3.63) is 182 Å². The Morgan fingerprint density at radius 1 is 0.412 bits per heavy atom. The van der Waals surface area contributed by atoms with Crippen LogP contribution in [0.1, 0.15) is 16.4 Å². The average Bonchev–Trinajstić information content (AvgIpc) is 3.96. The molecule has 0 amide bonds. The van der Waals surface area contributed by atoms with Crippen molar-refractivity contribution in [2.75, 3.05) is 0 Å². The first-order chi connectivity index (χ1) is 30.3. The molecule has 11 rings (SSSR count). The van der Waals surface area contributed by atoms with Gasteiger partial charge in [0.1, 0.15) is 5.65 Å². The Bertz CT molecular complexity index is 3770. The molecular weight excluding hydrogens is 621 g/mol. The number of aromatic nitrogens is 4. The minimum atomic E-state index is -0.511. The van der Waals surface area contributed by atoms with E-state index >= 15 is 0 Å². The van der Waals surface area contributed by atoms with Gasteiger partial charge in [0.05, 0.1) is 61.6 Å². The lowest BCUT2D eigenvalue weighted by atomic mass is 10.0. The van der Waals surface area contributed by atoms with Gasteiger partial charge in [0.2, 0.25) is 0 Å². The predicted octanol–water partition coefficient (Wildman–Crippen LogP) is 12.0. The normalized spacial score (nSPS) is 15.2. The van der Waals surface area contributed by atoms with Crippen LogP contribution < -0.4 is 0 Å². The average molecular weight is 663 g/mol. The highest BCUT2D eigenvalue weighted by molar-refractivity contribution is 6.12. The van der Waals surface area contributed by atoms with Crippen molar-refractivity contribution in [1.29, 1.82) is 0 Å². The summed E-state index contributed by atoms with van der Waals surface area (Å²) in [4.78, 5) is 5.03. The van der Waals surface area contributed by atoms with Crippen LogP contribution in [0.25, 0.3) is 93.7 Å². The van der Waals surface area contributed by atoms with Crippen molar-refractivity contribution >= 4 is 65.5 Å². The minimum Gasteiger partial charge on any atom is -0.309 e. The zero-order valence-corrected chi connectivity index (χ0v) is 26.7. The van der Waals surface area contributed by atoms with Gasteiger partial charge >= 0.3 is 0 Å². The van der Waals surface area contributed by atoms with Crippen molar-refractivity contribution in [2.45, 2.75) is 0 Å². The SMILES string of the molecule is [2H]c1c([2H])c([2H])c2c(c1[2H])c1ccccc1n2-c1cccc(-c2ccccc2-n2c3ccccc3c3cc(-n4c5c([2H])c([2H])c([2H])c([2H])c5c5c([2H])c([2H])c([2H])c([2H])c54)cnc32)c1. The largest absolute Gasteiger partial charge is 0.309 e. The Balaban J connectivity index is 1.16. The summed E-state index contributed by atoms with van der Waals surface area (Å²) < 4.78 is 110. The highest BCUT2D eigenvalue weighted by Gasteiger charge is 2.19. The molecule has 0 saturated carbocycles. The molecule has 4 aromatic heterocycles. The number of nitrogens with zero attached hydrogens (tertiary/aromatic N) is 4. The van der Waals surface area contributed by atoms with Crippen LogP contribution in [0, 0.1) is 0 Å². The molecule has 11 aromatic rings. The summed E-state index contributed by atoms with van der Waals surface area (Å²) in [5.74, 6) is 0. The zero-order valence-electron chi connectivity index (χ0n) is 38.7. The molecule has 4 heterocycles. The number of pyridine rings is 1. The maximum Gasteiger partial charge on any atom is 0.145 e. The molecule has 4 nitrogen and oxygen atoms in total. The molecule has 0 saturated heterocycles. The summed E-state index contributed by atoms with van der Waals surface area (Å²) in [6.07, 6.45) is 1.55. The number of benzene rings is 7. The van der Waals surface area contributed by atoms with Crippen LogP contribution in [0.3, 0.4) is 0 Å². The van der Waals surface area contributed by atoms with Gasteiger partial charge < -0.3 is 9.13 Å². The van der Waals surface area contributed by atoms with Gasteiger partial charge in [-0.3, -0.25) is 4.57 Å². The first kappa shape index (κ1) is 18.7. The number of hydrogen-bond donors (Lipinski definition) is 0. The Morgan fingerprint density at radius 3 is 1.67 bits per heavy atom. The summed E-state index contributed by atoms with van der Waals surface area (Å²) in [7, 11) is 0. The molecule has 0 bridgehead atoms. The van der Waals surface area contributed by atoms with Gasteiger partial charge in [0.15, 0.2) is 0 Å². The summed E-state index contributed by atoms with van der Waals surface area (Å²) in [5, 5.41) is 2.63. The first-order valence-corrected chi connectivity index (χ1v) is 16.4. The quantitative estimate of drug-likeness (QED) is 0.184. The molecule has 7 aromatic carbocycles. The molecule has 238 valence electrons. The Labute approximate surface area is 310 Å². The molecule has 0 radical (unpaired) electrons. The minimum absolute atomic E-state index is 0.0111. The first-order valence-electron chi connectivity index (χ1n) is 22.4. The molecule has 0 fully saturated rings. The van der Waals surface area contributed by atoms with Gasteiger partial charge in [-0.15, -0.1) is 0 Å². The molecule has 0 atom stereocenters. The van der Waals surface area contributed by atoms with Crippen molar-refractivity contribution in [1.82, 2.24) is 18.7 Å². The maximum absolute atomic E-state index is 9.00. The summed E-state index contributed by atoms with van der Waals surface area (Å²) in [5.41, 5.74) is 5.99. The van der Waals surface area contributed by atoms with Gasteiger partial charge in [-0.25, -0.2) is 4.98 Å². The molecule has 0 aliphatic rings. The fourth-order valence-corrected chi connectivity index (χ4v) is 7.54. The van der Waals surface area contributed by atoms with E-state index in [1.54, 1.807) is 6.20 Å². The molecule has 4 heteroatoms. The second-order valence-corrected chi connectivity index (χ2v) is 12.3. The Hall–Kier alpha value is -6.91. The van der Waals surface area contributed by atoms with Gasteiger partial charge in [0, 0.05) is 43.6 Å². The fourth-order valence-electron chi connectivity index (χ4n) is 7.54. The molecule has 0 unspecified atom stereocenters. The van der Waals surface area contributed by atoms with E-state index in [9.17, 15) is 0 Å². The van der Waals surface area contributed by atoms with E-state index in [1.165, 1.54) is 4.57 Å². The zero-order chi connectivity index (χ0) is 43.9. The van der Waals surface area contributed by atoms with Crippen LogP contribution >= 0.6 is 0 Å². The number of para-hydroxylation sites is 6. The highest BCUT2D eigenvalue weighted by atomic mass is 15.1. The van der Waals surface area contributed by atoms with E-state index in [0.29, 0.717) is 38.7 Å². The lowest BCUT2D eigenvalue weighted by molar-refractivity contribution is 1.11. The van der Waals surface area contributed by atoms with Gasteiger partial charge in [0.25, 0.3) is 0 Å². The smallest absolute Gasteiger partial charge is 0.145 e. The van der Waals surface area contributed by atoms with Gasteiger partial charge in [-0.2, -0.15) is 0 Å². The molecule has 0 N–H and O–H groups in total. The van der Waals surface area contributed by atoms with Crippen LogP contribution in [0.15, 0.2) is 182 Å². The highest BCUT2D eigenvalue weighted by Crippen LogP contribution is 2.39. The van der Waals surface area contributed by atoms with Crippen LogP contribution in [0.2, 0.25) is 0 Å². The van der Waals surface area contributed by atoms with Crippen molar-refractivity contribution < 1.29 is 16.4 Å². The Morgan fingerprint density at radius 2 is 0.961 bits per heavy atom. The van der Waals surface area contributed by atoms with Crippen molar-refractivity contribution in [3.63, 3.8) is 0 Å². The molecule has 0 spiro atoms. The van der Waals surface area contributed by atoms with Crippen molar-refractivity contribution in [3.8, 4) is 28.2 Å². The molecular formula is C47H30N4. The monoisotopic (exact) mass is 662 g/mol. The Kier molecular flexibility index (Phi) is 3.97. The lowest BCUT2D eigenvalue weighted by Gasteiger charge is -2.15. The molecule has 0 aliphatic carbocycles. The number of hydrogen-bond acceptors (Lipinski definition) is 1. The third kappa shape index (κ3) is 4.05. The van der Waals surface area contributed by atoms with E-state index in [0.717, 1.165) is 33.2 Å². The van der Waals surface area contributed by atoms with Gasteiger partial charge in [-0.05, 0) is 60.1 Å². The number of fused-ring (bicyclic) bond motifs is 9. The van der Waals surface area contributed by atoms with Crippen LogP contribution in [0.4, 0.5) is 0 Å². The maximum atomic E-state index is 9.00.